The van der Waals surface area contributed by atoms with E-state index in [4.69, 9.17) is 0 Å². The lowest BCUT2D eigenvalue weighted by Gasteiger charge is -2.11. The van der Waals surface area contributed by atoms with Crippen molar-refractivity contribution in [2.24, 2.45) is 0 Å². The first-order valence-corrected chi connectivity index (χ1v) is 7.63. The summed E-state index contributed by atoms with van der Waals surface area (Å²) in [4.78, 5) is 0. The number of sulfonamides is 1. The maximum atomic E-state index is 12.0. The van der Waals surface area contributed by atoms with Gasteiger partial charge in [0, 0.05) is 0 Å². The number of hydrogen-bond acceptors (Lipinski definition) is 4. The minimum Gasteiger partial charge on any atom is -0.505 e. The third kappa shape index (κ3) is 2.49. The molecule has 0 radical (unpaired) electrons. The highest BCUT2D eigenvalue weighted by Crippen LogP contribution is 2.31. The molecule has 0 saturated heterocycles. The Morgan fingerprint density at radius 1 is 1.28 bits per heavy atom. The molecule has 0 amide bonds. The molecule has 96 valence electrons. The number of nitrogens with one attached hydrogen (secondary N) is 1. The Bertz CT molecular complexity index is 661. The lowest BCUT2D eigenvalue weighted by atomic mass is 10.1. The van der Waals surface area contributed by atoms with Gasteiger partial charge in [0.05, 0.1) is 5.69 Å². The first kappa shape index (κ1) is 12.9. The van der Waals surface area contributed by atoms with E-state index in [-0.39, 0.29) is 15.6 Å². The van der Waals surface area contributed by atoms with Gasteiger partial charge in [-0.05, 0) is 42.5 Å². The summed E-state index contributed by atoms with van der Waals surface area (Å²) in [6, 6.07) is 6.58. The summed E-state index contributed by atoms with van der Waals surface area (Å²) in [6.45, 7) is 3.57. The Balaban J connectivity index is 2.41. The monoisotopic (exact) mass is 283 g/mol. The molecule has 0 atom stereocenters. The number of rotatable bonds is 3. The average Bonchev–Trinajstić information content (AvgIpc) is 2.78. The van der Waals surface area contributed by atoms with E-state index < -0.39 is 10.0 Å². The quantitative estimate of drug-likeness (QED) is 0.851. The van der Waals surface area contributed by atoms with Crippen LogP contribution in [0.4, 0.5) is 5.69 Å². The van der Waals surface area contributed by atoms with Crippen LogP contribution in [0.5, 0.6) is 5.75 Å². The molecule has 0 bridgehead atoms. The number of phenolic OH excluding ortho intramolecular Hbond substituents is 1. The van der Waals surface area contributed by atoms with Crippen molar-refractivity contribution in [3.05, 3.63) is 40.8 Å². The molecule has 4 nitrogen and oxygen atoms in total. The molecular weight excluding hydrogens is 270 g/mol. The predicted octanol–water partition coefficient (Wildman–Crippen LogP) is 2.87. The molecule has 0 saturated carbocycles. The number of benzene rings is 1. The summed E-state index contributed by atoms with van der Waals surface area (Å²) < 4.78 is 26.7. The Morgan fingerprint density at radius 2 is 2.00 bits per heavy atom. The number of anilines is 1. The van der Waals surface area contributed by atoms with Crippen molar-refractivity contribution in [2.45, 2.75) is 18.1 Å². The highest BCUT2D eigenvalue weighted by molar-refractivity contribution is 7.94. The Hall–Kier alpha value is -1.53. The molecule has 0 aliphatic carbocycles. The summed E-state index contributed by atoms with van der Waals surface area (Å²) in [5.41, 5.74) is 1.73. The van der Waals surface area contributed by atoms with E-state index in [0.717, 1.165) is 16.9 Å². The van der Waals surface area contributed by atoms with Gasteiger partial charge in [0.2, 0.25) is 0 Å². The molecule has 0 unspecified atom stereocenters. The molecule has 2 aromatic rings. The first-order chi connectivity index (χ1) is 8.40. The maximum Gasteiger partial charge on any atom is 0.271 e. The topological polar surface area (TPSA) is 66.4 Å². The van der Waals surface area contributed by atoms with Crippen molar-refractivity contribution in [3.63, 3.8) is 0 Å². The van der Waals surface area contributed by atoms with Gasteiger partial charge in [-0.1, -0.05) is 12.1 Å². The van der Waals surface area contributed by atoms with Gasteiger partial charge in [-0.3, -0.25) is 4.72 Å². The van der Waals surface area contributed by atoms with Crippen LogP contribution in [0.1, 0.15) is 11.1 Å². The van der Waals surface area contributed by atoms with Crippen LogP contribution < -0.4 is 4.72 Å². The molecule has 0 aliphatic rings. The standard InChI is InChI=1S/C12H13NO3S2/c1-8-6-9(2)12(14)10(7-8)13-18(15,16)11-4-3-5-17-11/h3-7,13-14H,1-2H3. The van der Waals surface area contributed by atoms with Gasteiger partial charge in [-0.15, -0.1) is 11.3 Å². The van der Waals surface area contributed by atoms with Crippen molar-refractivity contribution < 1.29 is 13.5 Å². The predicted molar refractivity (Wildman–Crippen MR) is 72.7 cm³/mol. The van der Waals surface area contributed by atoms with E-state index in [1.165, 1.54) is 6.07 Å². The minimum absolute atomic E-state index is 0.0410. The summed E-state index contributed by atoms with van der Waals surface area (Å²) in [6.07, 6.45) is 0. The van der Waals surface area contributed by atoms with Crippen LogP contribution in [-0.2, 0) is 10.0 Å². The smallest absolute Gasteiger partial charge is 0.271 e. The van der Waals surface area contributed by atoms with Crippen LogP contribution in [-0.4, -0.2) is 13.5 Å². The number of aryl methyl sites for hydroxylation is 2. The van der Waals surface area contributed by atoms with Crippen LogP contribution in [0.25, 0.3) is 0 Å². The van der Waals surface area contributed by atoms with Gasteiger partial charge < -0.3 is 5.11 Å². The largest absolute Gasteiger partial charge is 0.505 e. The zero-order valence-corrected chi connectivity index (χ0v) is 11.6. The molecule has 1 aromatic heterocycles. The van der Waals surface area contributed by atoms with E-state index in [1.807, 2.05) is 6.92 Å². The van der Waals surface area contributed by atoms with Gasteiger partial charge in [0.25, 0.3) is 10.0 Å². The van der Waals surface area contributed by atoms with Gasteiger partial charge in [-0.25, -0.2) is 8.42 Å². The number of phenols is 1. The highest BCUT2D eigenvalue weighted by Gasteiger charge is 2.17. The molecule has 0 fully saturated rings. The zero-order valence-electron chi connectivity index (χ0n) is 9.97. The fraction of sp³-hybridized carbons (Fsp3) is 0.167. The average molecular weight is 283 g/mol. The van der Waals surface area contributed by atoms with E-state index in [9.17, 15) is 13.5 Å². The molecular formula is C12H13NO3S2. The fourth-order valence-electron chi connectivity index (χ4n) is 1.65. The summed E-state index contributed by atoms with van der Waals surface area (Å²) in [7, 11) is -3.62. The fourth-order valence-corrected chi connectivity index (χ4v) is 3.70. The van der Waals surface area contributed by atoms with E-state index in [0.29, 0.717) is 5.56 Å². The van der Waals surface area contributed by atoms with E-state index >= 15 is 0 Å². The Labute approximate surface area is 110 Å². The second kappa shape index (κ2) is 4.62. The molecule has 2 N–H and O–H groups in total. The molecule has 18 heavy (non-hydrogen) atoms. The molecule has 0 spiro atoms. The summed E-state index contributed by atoms with van der Waals surface area (Å²) in [5.74, 6) is -0.0410. The molecule has 1 aromatic carbocycles. The molecule has 1 heterocycles. The van der Waals surface area contributed by atoms with Crippen LogP contribution >= 0.6 is 11.3 Å². The zero-order chi connectivity index (χ0) is 13.3. The second-order valence-corrected chi connectivity index (χ2v) is 6.87. The van der Waals surface area contributed by atoms with Crippen molar-refractivity contribution in [1.82, 2.24) is 0 Å². The van der Waals surface area contributed by atoms with Crippen LogP contribution in [0.2, 0.25) is 0 Å². The number of hydrogen-bond donors (Lipinski definition) is 2. The highest BCUT2D eigenvalue weighted by atomic mass is 32.2. The number of thiophene rings is 1. The van der Waals surface area contributed by atoms with Gasteiger partial charge in [-0.2, -0.15) is 0 Å². The third-order valence-corrected chi connectivity index (χ3v) is 5.21. The Morgan fingerprint density at radius 3 is 2.61 bits per heavy atom. The molecule has 6 heteroatoms. The Kier molecular flexibility index (Phi) is 3.32. The second-order valence-electron chi connectivity index (χ2n) is 4.02. The number of aromatic hydroxyl groups is 1. The van der Waals surface area contributed by atoms with E-state index in [2.05, 4.69) is 4.72 Å². The molecule has 0 aliphatic heterocycles. The minimum atomic E-state index is -3.62. The molecule has 2 rings (SSSR count). The maximum absolute atomic E-state index is 12.0. The SMILES string of the molecule is Cc1cc(C)c(O)c(NS(=O)(=O)c2cccs2)c1. The van der Waals surface area contributed by atoms with Crippen LogP contribution in [0.3, 0.4) is 0 Å². The van der Waals surface area contributed by atoms with Crippen LogP contribution in [0, 0.1) is 13.8 Å². The van der Waals surface area contributed by atoms with Gasteiger partial charge >= 0.3 is 0 Å². The summed E-state index contributed by atoms with van der Waals surface area (Å²) in [5, 5.41) is 11.5. The van der Waals surface area contributed by atoms with Crippen LogP contribution in [0.15, 0.2) is 33.9 Å². The normalized spacial score (nSPS) is 11.4. The van der Waals surface area contributed by atoms with Gasteiger partial charge in [0.1, 0.15) is 9.96 Å². The lowest BCUT2D eigenvalue weighted by molar-refractivity contribution is 0.473. The summed E-state index contributed by atoms with van der Waals surface area (Å²) >= 11 is 1.13. The lowest BCUT2D eigenvalue weighted by Crippen LogP contribution is -2.11. The van der Waals surface area contributed by atoms with Crippen molar-refractivity contribution >= 4 is 27.0 Å². The van der Waals surface area contributed by atoms with Gasteiger partial charge in [0.15, 0.2) is 0 Å². The van der Waals surface area contributed by atoms with Crippen molar-refractivity contribution in [2.75, 3.05) is 4.72 Å². The van der Waals surface area contributed by atoms with E-state index in [1.54, 1.807) is 30.5 Å². The first-order valence-electron chi connectivity index (χ1n) is 5.27. The van der Waals surface area contributed by atoms with Crippen molar-refractivity contribution in [1.29, 1.82) is 0 Å². The van der Waals surface area contributed by atoms with Crippen molar-refractivity contribution in [3.8, 4) is 5.75 Å². The third-order valence-electron chi connectivity index (χ3n) is 2.45.